The molecule has 1 aromatic heterocycles. The summed E-state index contributed by atoms with van der Waals surface area (Å²) in [6, 6.07) is 0.174. The fourth-order valence-electron chi connectivity index (χ4n) is 1.26. The lowest BCUT2D eigenvalue weighted by Crippen LogP contribution is -2.12. The first-order valence-electron chi connectivity index (χ1n) is 5.33. The molecule has 0 aliphatic heterocycles. The Bertz CT molecular complexity index is 368. The molecule has 0 fully saturated rings. The minimum atomic E-state index is -1.66. The van der Waals surface area contributed by atoms with Crippen LogP contribution in [0.3, 0.4) is 0 Å². The van der Waals surface area contributed by atoms with Gasteiger partial charge in [0.15, 0.2) is 5.82 Å². The second-order valence-corrected chi connectivity index (χ2v) is 5.80. The van der Waals surface area contributed by atoms with Crippen molar-refractivity contribution in [2.45, 2.75) is 36.4 Å². The Labute approximate surface area is 116 Å². The van der Waals surface area contributed by atoms with Crippen molar-refractivity contribution in [2.75, 3.05) is 7.11 Å². The molecular weight excluding hydrogens is 284 g/mol. The summed E-state index contributed by atoms with van der Waals surface area (Å²) in [6.07, 6.45) is 3.94. The molecular formula is C10H14Cl3N3O. The van der Waals surface area contributed by atoms with Gasteiger partial charge in [0.1, 0.15) is 5.82 Å². The van der Waals surface area contributed by atoms with Gasteiger partial charge in [0.25, 0.3) is 0 Å². The van der Waals surface area contributed by atoms with E-state index in [1.165, 1.54) is 7.11 Å². The molecule has 0 spiro atoms. The highest BCUT2D eigenvalue weighted by Gasteiger charge is 2.28. The van der Waals surface area contributed by atoms with E-state index in [1.54, 1.807) is 0 Å². The third kappa shape index (κ3) is 4.82. The largest absolute Gasteiger partial charge is 0.467 e. The summed E-state index contributed by atoms with van der Waals surface area (Å²) < 4.78 is 3.30. The molecule has 1 rings (SSSR count). The molecule has 0 saturated heterocycles. The van der Waals surface area contributed by atoms with Crippen LogP contribution in [0.4, 0.5) is 0 Å². The minimum Gasteiger partial charge on any atom is -0.467 e. The van der Waals surface area contributed by atoms with Gasteiger partial charge in [-0.25, -0.2) is 4.98 Å². The van der Waals surface area contributed by atoms with Gasteiger partial charge >= 0.3 is 6.01 Å². The fraction of sp³-hybridized carbons (Fsp3) is 0.700. The number of ether oxygens (including phenoxy) is 1. The highest BCUT2D eigenvalue weighted by atomic mass is 35.6. The molecule has 0 atom stereocenters. The van der Waals surface area contributed by atoms with Crippen LogP contribution < -0.4 is 4.74 Å². The Kier molecular flexibility index (Phi) is 5.70. The summed E-state index contributed by atoms with van der Waals surface area (Å²) in [5.74, 6) is 0.687. The van der Waals surface area contributed by atoms with E-state index in [1.807, 2.05) is 0 Å². The van der Waals surface area contributed by atoms with E-state index < -0.39 is 3.79 Å². The molecule has 0 bridgehead atoms. The van der Waals surface area contributed by atoms with Gasteiger partial charge in [0.2, 0.25) is 3.79 Å². The second-order valence-electron chi connectivity index (χ2n) is 3.52. The average Bonchev–Trinajstić information content (AvgIpc) is 2.28. The van der Waals surface area contributed by atoms with Gasteiger partial charge in [-0.3, -0.25) is 0 Å². The van der Waals surface area contributed by atoms with E-state index in [9.17, 15) is 0 Å². The number of rotatable bonds is 5. The summed E-state index contributed by atoms with van der Waals surface area (Å²) in [7, 11) is 1.47. The summed E-state index contributed by atoms with van der Waals surface area (Å²) in [5.41, 5.74) is 0. The molecule has 17 heavy (non-hydrogen) atoms. The van der Waals surface area contributed by atoms with Gasteiger partial charge in [0, 0.05) is 6.42 Å². The number of hydrogen-bond acceptors (Lipinski definition) is 4. The third-order valence-electron chi connectivity index (χ3n) is 2.10. The fourth-order valence-corrected chi connectivity index (χ4v) is 1.51. The predicted octanol–water partition coefficient (Wildman–Crippen LogP) is 3.44. The lowest BCUT2D eigenvalue weighted by Gasteiger charge is -2.11. The van der Waals surface area contributed by atoms with Gasteiger partial charge in [-0.05, 0) is 6.42 Å². The van der Waals surface area contributed by atoms with Crippen LogP contribution in [0.15, 0.2) is 0 Å². The number of alkyl halides is 3. The monoisotopic (exact) mass is 297 g/mol. The molecule has 4 nitrogen and oxygen atoms in total. The number of nitrogens with zero attached hydrogens (tertiary/aromatic N) is 3. The number of aryl methyl sites for hydroxylation is 1. The second kappa shape index (κ2) is 6.57. The van der Waals surface area contributed by atoms with Crippen molar-refractivity contribution in [1.29, 1.82) is 0 Å². The van der Waals surface area contributed by atoms with E-state index in [0.717, 1.165) is 25.7 Å². The Hall–Kier alpha value is -0.320. The third-order valence-corrected chi connectivity index (χ3v) is 2.61. The maximum atomic E-state index is 5.74. The minimum absolute atomic E-state index is 0.0980. The van der Waals surface area contributed by atoms with Crippen LogP contribution in [0.2, 0.25) is 0 Å². The molecule has 96 valence electrons. The van der Waals surface area contributed by atoms with Crippen molar-refractivity contribution in [2.24, 2.45) is 0 Å². The van der Waals surface area contributed by atoms with Crippen molar-refractivity contribution >= 4 is 34.8 Å². The van der Waals surface area contributed by atoms with E-state index >= 15 is 0 Å². The Morgan fingerprint density at radius 2 is 1.82 bits per heavy atom. The first kappa shape index (κ1) is 14.7. The normalized spacial score (nSPS) is 11.6. The van der Waals surface area contributed by atoms with E-state index in [0.29, 0.717) is 5.82 Å². The molecule has 0 aliphatic carbocycles. The standard InChI is InChI=1S/C10H14Cl3N3O/c1-3-4-5-6-7-14-8(10(11,12)13)16-9(15-7)17-2/h3-6H2,1-2H3. The molecule has 0 amide bonds. The molecule has 0 unspecified atom stereocenters. The summed E-state index contributed by atoms with van der Waals surface area (Å²) in [4.78, 5) is 12.2. The zero-order chi connectivity index (χ0) is 12.9. The molecule has 0 aliphatic rings. The van der Waals surface area contributed by atoms with Crippen molar-refractivity contribution in [3.8, 4) is 6.01 Å². The zero-order valence-electron chi connectivity index (χ0n) is 9.71. The van der Waals surface area contributed by atoms with Crippen molar-refractivity contribution in [3.63, 3.8) is 0 Å². The highest BCUT2D eigenvalue weighted by Crippen LogP contribution is 2.36. The number of aromatic nitrogens is 3. The van der Waals surface area contributed by atoms with Crippen LogP contribution >= 0.6 is 34.8 Å². The predicted molar refractivity (Wildman–Crippen MR) is 68.8 cm³/mol. The van der Waals surface area contributed by atoms with Gasteiger partial charge in [0.05, 0.1) is 7.11 Å². The molecule has 0 aromatic carbocycles. The van der Waals surface area contributed by atoms with Gasteiger partial charge in [-0.15, -0.1) is 0 Å². The number of halogens is 3. The van der Waals surface area contributed by atoms with Gasteiger partial charge in [-0.1, -0.05) is 54.6 Å². The number of methoxy groups -OCH3 is 1. The summed E-state index contributed by atoms with van der Waals surface area (Å²) in [6.45, 7) is 2.13. The first-order valence-corrected chi connectivity index (χ1v) is 6.47. The summed E-state index contributed by atoms with van der Waals surface area (Å²) >= 11 is 17.2. The van der Waals surface area contributed by atoms with Crippen LogP contribution in [-0.2, 0) is 10.2 Å². The molecule has 0 N–H and O–H groups in total. The highest BCUT2D eigenvalue weighted by molar-refractivity contribution is 6.66. The first-order chi connectivity index (χ1) is 7.97. The molecule has 1 aromatic rings. The Morgan fingerprint density at radius 3 is 2.35 bits per heavy atom. The van der Waals surface area contributed by atoms with Gasteiger partial charge < -0.3 is 4.74 Å². The smallest absolute Gasteiger partial charge is 0.319 e. The lowest BCUT2D eigenvalue weighted by molar-refractivity contribution is 0.372. The molecule has 0 radical (unpaired) electrons. The maximum Gasteiger partial charge on any atom is 0.319 e. The Balaban J connectivity index is 2.89. The van der Waals surface area contributed by atoms with Crippen LogP contribution in [-0.4, -0.2) is 22.1 Å². The quantitative estimate of drug-likeness (QED) is 0.617. The van der Waals surface area contributed by atoms with E-state index in [-0.39, 0.29) is 11.8 Å². The maximum absolute atomic E-state index is 5.74. The van der Waals surface area contributed by atoms with Crippen LogP contribution in [0.1, 0.15) is 37.8 Å². The zero-order valence-corrected chi connectivity index (χ0v) is 12.0. The van der Waals surface area contributed by atoms with E-state index in [4.69, 9.17) is 39.5 Å². The molecule has 1 heterocycles. The van der Waals surface area contributed by atoms with Crippen LogP contribution in [0, 0.1) is 0 Å². The summed E-state index contributed by atoms with van der Waals surface area (Å²) in [5, 5.41) is 0. The number of unbranched alkanes of at least 4 members (excludes halogenated alkanes) is 2. The number of hydrogen-bond donors (Lipinski definition) is 0. The molecule has 0 saturated carbocycles. The molecule has 7 heteroatoms. The Morgan fingerprint density at radius 1 is 1.12 bits per heavy atom. The van der Waals surface area contributed by atoms with Crippen molar-refractivity contribution < 1.29 is 4.74 Å². The topological polar surface area (TPSA) is 47.9 Å². The average molecular weight is 299 g/mol. The van der Waals surface area contributed by atoms with Crippen LogP contribution in [0.5, 0.6) is 6.01 Å². The van der Waals surface area contributed by atoms with Crippen molar-refractivity contribution in [1.82, 2.24) is 15.0 Å². The van der Waals surface area contributed by atoms with Crippen molar-refractivity contribution in [3.05, 3.63) is 11.6 Å². The lowest BCUT2D eigenvalue weighted by atomic mass is 10.2. The van der Waals surface area contributed by atoms with Crippen LogP contribution in [0.25, 0.3) is 0 Å². The SMILES string of the molecule is CCCCCc1nc(OC)nc(C(Cl)(Cl)Cl)n1. The van der Waals surface area contributed by atoms with E-state index in [2.05, 4.69) is 21.9 Å². The van der Waals surface area contributed by atoms with Gasteiger partial charge in [-0.2, -0.15) is 9.97 Å².